The standard InChI is InChI=1S/C21H17N3O2/c1-3-4-13-6-8-14(9-7-13)18-16-17(21(26)23-18)19(24-20(16)25)15-10-5-12(2)11-22-15/h3-11,23,26H,1-2H3/b4-3+. The maximum Gasteiger partial charge on any atom is 0.280 e. The van der Waals surface area contributed by atoms with E-state index in [9.17, 15) is 9.90 Å². The van der Waals surface area contributed by atoms with E-state index in [0.29, 0.717) is 28.2 Å². The van der Waals surface area contributed by atoms with Crippen LogP contribution in [0.5, 0.6) is 5.88 Å². The van der Waals surface area contributed by atoms with Gasteiger partial charge in [-0.3, -0.25) is 9.78 Å². The molecule has 0 fully saturated rings. The molecule has 0 radical (unpaired) electrons. The highest BCUT2D eigenvalue weighted by Gasteiger charge is 2.33. The van der Waals surface area contributed by atoms with E-state index in [1.807, 2.05) is 56.3 Å². The minimum Gasteiger partial charge on any atom is -0.494 e. The van der Waals surface area contributed by atoms with Crippen LogP contribution < -0.4 is 0 Å². The first-order valence-corrected chi connectivity index (χ1v) is 8.33. The highest BCUT2D eigenvalue weighted by Crippen LogP contribution is 2.37. The largest absolute Gasteiger partial charge is 0.494 e. The lowest BCUT2D eigenvalue weighted by Crippen LogP contribution is -2.02. The fraction of sp³-hybridized carbons (Fsp3) is 0.0952. The number of pyridine rings is 1. The van der Waals surface area contributed by atoms with Crippen molar-refractivity contribution in [3.8, 4) is 17.1 Å². The van der Waals surface area contributed by atoms with Gasteiger partial charge < -0.3 is 10.1 Å². The quantitative estimate of drug-likeness (QED) is 0.751. The minimum absolute atomic E-state index is 0.0699. The van der Waals surface area contributed by atoms with Crippen LogP contribution in [0.4, 0.5) is 0 Å². The smallest absolute Gasteiger partial charge is 0.280 e. The number of carbonyl (C=O) groups excluding carboxylic acids is 1. The molecule has 128 valence electrons. The van der Waals surface area contributed by atoms with Gasteiger partial charge in [0.2, 0.25) is 0 Å². The topological polar surface area (TPSA) is 78.3 Å². The first-order valence-electron chi connectivity index (χ1n) is 8.33. The van der Waals surface area contributed by atoms with Crippen molar-refractivity contribution < 1.29 is 9.90 Å². The number of hydrogen-bond donors (Lipinski definition) is 2. The molecule has 3 aromatic rings. The fourth-order valence-corrected chi connectivity index (χ4v) is 3.11. The summed E-state index contributed by atoms with van der Waals surface area (Å²) in [6.07, 6.45) is 5.67. The predicted molar refractivity (Wildman–Crippen MR) is 102 cm³/mol. The Morgan fingerprint density at radius 1 is 1.08 bits per heavy atom. The second kappa shape index (κ2) is 6.11. The van der Waals surface area contributed by atoms with Crippen LogP contribution in [0.1, 0.15) is 39.7 Å². The zero-order chi connectivity index (χ0) is 18.3. The average molecular weight is 343 g/mol. The number of nitrogens with zero attached hydrogens (tertiary/aromatic N) is 2. The molecule has 1 aliphatic heterocycles. The average Bonchev–Trinajstić information content (AvgIpc) is 3.16. The summed E-state index contributed by atoms with van der Waals surface area (Å²) in [4.78, 5) is 23.9. The lowest BCUT2D eigenvalue weighted by atomic mass is 10.0. The van der Waals surface area contributed by atoms with E-state index in [0.717, 1.165) is 16.7 Å². The predicted octanol–water partition coefficient (Wildman–Crippen LogP) is 4.12. The molecule has 0 unspecified atom stereocenters. The molecule has 3 heterocycles. The number of rotatable bonds is 3. The summed E-state index contributed by atoms with van der Waals surface area (Å²) in [6, 6.07) is 11.4. The third kappa shape index (κ3) is 2.54. The van der Waals surface area contributed by atoms with Crippen LogP contribution >= 0.6 is 0 Å². The molecule has 2 aromatic heterocycles. The number of nitrogens with one attached hydrogen (secondary N) is 1. The van der Waals surface area contributed by atoms with E-state index >= 15 is 0 Å². The van der Waals surface area contributed by atoms with Crippen molar-refractivity contribution >= 4 is 17.7 Å². The van der Waals surface area contributed by atoms with Crippen molar-refractivity contribution in [3.05, 3.63) is 76.6 Å². The lowest BCUT2D eigenvalue weighted by Gasteiger charge is -2.01. The normalized spacial score (nSPS) is 13.3. The van der Waals surface area contributed by atoms with Gasteiger partial charge in [0.05, 0.1) is 22.5 Å². The highest BCUT2D eigenvalue weighted by atomic mass is 16.3. The maximum absolute atomic E-state index is 12.5. The summed E-state index contributed by atoms with van der Waals surface area (Å²) >= 11 is 0. The van der Waals surface area contributed by atoms with E-state index in [-0.39, 0.29) is 11.8 Å². The van der Waals surface area contributed by atoms with Crippen LogP contribution in [-0.4, -0.2) is 26.7 Å². The van der Waals surface area contributed by atoms with E-state index in [1.165, 1.54) is 0 Å². The molecule has 0 saturated heterocycles. The van der Waals surface area contributed by atoms with E-state index in [2.05, 4.69) is 15.0 Å². The van der Waals surface area contributed by atoms with Gasteiger partial charge in [-0.15, -0.1) is 0 Å². The Hall–Kier alpha value is -3.47. The molecule has 0 saturated carbocycles. The number of benzene rings is 1. The third-order valence-electron chi connectivity index (χ3n) is 4.36. The van der Waals surface area contributed by atoms with Gasteiger partial charge in [-0.2, -0.15) is 0 Å². The second-order valence-electron chi connectivity index (χ2n) is 6.21. The Morgan fingerprint density at radius 3 is 2.50 bits per heavy atom. The number of aliphatic imine (C=N–C) groups is 1. The number of aromatic amines is 1. The molecular weight excluding hydrogens is 326 g/mol. The first-order chi connectivity index (χ1) is 12.6. The lowest BCUT2D eigenvalue weighted by molar-refractivity contribution is 0.101. The molecule has 0 bridgehead atoms. The van der Waals surface area contributed by atoms with Gasteiger partial charge in [-0.25, -0.2) is 4.99 Å². The van der Waals surface area contributed by atoms with Gasteiger partial charge in [0.15, 0.2) is 5.88 Å². The van der Waals surface area contributed by atoms with Gasteiger partial charge in [-0.05, 0) is 36.6 Å². The monoisotopic (exact) mass is 343 g/mol. The summed E-state index contributed by atoms with van der Waals surface area (Å²) in [5, 5.41) is 10.4. The number of amides is 1. The van der Waals surface area contributed by atoms with E-state index in [4.69, 9.17) is 0 Å². The van der Waals surface area contributed by atoms with Gasteiger partial charge in [0, 0.05) is 6.20 Å². The van der Waals surface area contributed by atoms with Crippen LogP contribution in [0, 0.1) is 6.92 Å². The molecule has 0 aliphatic carbocycles. The molecule has 1 amide bonds. The number of aryl methyl sites for hydroxylation is 1. The molecule has 0 atom stereocenters. The van der Waals surface area contributed by atoms with Crippen LogP contribution in [-0.2, 0) is 0 Å². The van der Waals surface area contributed by atoms with Crippen molar-refractivity contribution in [1.29, 1.82) is 0 Å². The minimum atomic E-state index is -0.374. The number of H-pyrrole nitrogens is 1. The summed E-state index contributed by atoms with van der Waals surface area (Å²) in [6.45, 7) is 3.90. The van der Waals surface area contributed by atoms with Crippen LogP contribution in [0.2, 0.25) is 0 Å². The number of aromatic nitrogens is 2. The molecule has 1 aliphatic rings. The Labute approximate surface area is 150 Å². The molecule has 2 N–H and O–H groups in total. The Bertz CT molecular complexity index is 1060. The van der Waals surface area contributed by atoms with Crippen molar-refractivity contribution in [3.63, 3.8) is 0 Å². The zero-order valence-corrected chi connectivity index (χ0v) is 14.4. The fourth-order valence-electron chi connectivity index (χ4n) is 3.11. The van der Waals surface area contributed by atoms with Gasteiger partial charge in [0.25, 0.3) is 5.91 Å². The summed E-state index contributed by atoms with van der Waals surface area (Å²) in [7, 11) is 0. The molecular formula is C21H17N3O2. The number of hydrogen-bond acceptors (Lipinski definition) is 3. The highest BCUT2D eigenvalue weighted by molar-refractivity contribution is 6.29. The van der Waals surface area contributed by atoms with Crippen molar-refractivity contribution in [2.75, 3.05) is 0 Å². The van der Waals surface area contributed by atoms with E-state index in [1.54, 1.807) is 12.3 Å². The summed E-state index contributed by atoms with van der Waals surface area (Å²) < 4.78 is 0. The zero-order valence-electron chi connectivity index (χ0n) is 14.4. The Balaban J connectivity index is 1.81. The van der Waals surface area contributed by atoms with Crippen LogP contribution in [0.15, 0.2) is 53.7 Å². The summed E-state index contributed by atoms with van der Waals surface area (Å²) in [5.74, 6) is -0.444. The van der Waals surface area contributed by atoms with Crippen LogP contribution in [0.3, 0.4) is 0 Å². The molecule has 5 nitrogen and oxygen atoms in total. The maximum atomic E-state index is 12.5. The van der Waals surface area contributed by atoms with Crippen LogP contribution in [0.25, 0.3) is 17.3 Å². The molecule has 5 heteroatoms. The molecule has 26 heavy (non-hydrogen) atoms. The number of carbonyl (C=O) groups is 1. The SMILES string of the molecule is C/C=C/c1ccc(-c2[nH]c(O)c3c2C(=O)N=C3c2ccc(C)cn2)cc1. The number of fused-ring (bicyclic) bond motifs is 1. The number of allylic oxidation sites excluding steroid dienone is 1. The van der Waals surface area contributed by atoms with Gasteiger partial charge >= 0.3 is 0 Å². The Kier molecular flexibility index (Phi) is 3.77. The van der Waals surface area contributed by atoms with Crippen molar-refractivity contribution in [1.82, 2.24) is 9.97 Å². The van der Waals surface area contributed by atoms with Crippen molar-refractivity contribution in [2.45, 2.75) is 13.8 Å². The second-order valence-corrected chi connectivity index (χ2v) is 6.21. The first kappa shape index (κ1) is 16.0. The molecule has 0 spiro atoms. The third-order valence-corrected chi connectivity index (χ3v) is 4.36. The molecule has 1 aromatic carbocycles. The van der Waals surface area contributed by atoms with Crippen molar-refractivity contribution in [2.24, 2.45) is 4.99 Å². The number of aromatic hydroxyl groups is 1. The Morgan fingerprint density at radius 2 is 1.85 bits per heavy atom. The van der Waals surface area contributed by atoms with Gasteiger partial charge in [0.1, 0.15) is 5.71 Å². The molecule has 4 rings (SSSR count). The van der Waals surface area contributed by atoms with E-state index < -0.39 is 0 Å². The summed E-state index contributed by atoms with van der Waals surface area (Å²) in [5.41, 5.74) is 5.23. The van der Waals surface area contributed by atoms with Gasteiger partial charge in [-0.1, -0.05) is 42.5 Å².